The zero-order chi connectivity index (χ0) is 23.5. The Morgan fingerprint density at radius 2 is 1.73 bits per heavy atom. The van der Waals surface area contributed by atoms with Gasteiger partial charge in [-0.3, -0.25) is 9.36 Å². The molecule has 0 spiro atoms. The molecule has 0 aliphatic heterocycles. The normalized spacial score (nSPS) is 10.9. The highest BCUT2D eigenvalue weighted by Gasteiger charge is 2.18. The van der Waals surface area contributed by atoms with Gasteiger partial charge < -0.3 is 5.32 Å². The second-order valence-corrected chi connectivity index (χ2v) is 10.0. The van der Waals surface area contributed by atoms with Crippen LogP contribution in [0.1, 0.15) is 16.7 Å². The highest BCUT2D eigenvalue weighted by atomic mass is 79.9. The third-order valence-corrected chi connectivity index (χ3v) is 6.95. The van der Waals surface area contributed by atoms with Gasteiger partial charge in [0.25, 0.3) is 0 Å². The van der Waals surface area contributed by atoms with Crippen LogP contribution in [0.15, 0.2) is 70.3 Å². The molecule has 3 aromatic carbocycles. The van der Waals surface area contributed by atoms with Crippen LogP contribution in [0.2, 0.25) is 5.02 Å². The largest absolute Gasteiger partial charge is 0.325 e. The molecule has 1 amide bonds. The molecule has 0 radical (unpaired) electrons. The van der Waals surface area contributed by atoms with Crippen LogP contribution < -0.4 is 5.32 Å². The number of benzene rings is 3. The predicted octanol–water partition coefficient (Wildman–Crippen LogP) is 7.01. The van der Waals surface area contributed by atoms with Gasteiger partial charge >= 0.3 is 0 Å². The summed E-state index contributed by atoms with van der Waals surface area (Å²) in [5.74, 6) is 0.800. The number of anilines is 1. The van der Waals surface area contributed by atoms with Gasteiger partial charge in [0.1, 0.15) is 0 Å². The number of aromatic nitrogens is 3. The first kappa shape index (κ1) is 23.5. The molecular formula is C25H22BrClN4OS. The lowest BCUT2D eigenvalue weighted by molar-refractivity contribution is -0.113. The van der Waals surface area contributed by atoms with Crippen molar-refractivity contribution < 1.29 is 4.79 Å². The van der Waals surface area contributed by atoms with Gasteiger partial charge in [-0.05, 0) is 92.1 Å². The Morgan fingerprint density at radius 3 is 2.42 bits per heavy atom. The zero-order valence-corrected chi connectivity index (χ0v) is 21.6. The number of nitrogens with one attached hydrogen (secondary N) is 1. The molecule has 4 aromatic rings. The number of rotatable bonds is 6. The lowest BCUT2D eigenvalue weighted by Gasteiger charge is -2.13. The summed E-state index contributed by atoms with van der Waals surface area (Å²) < 4.78 is 2.96. The molecular weight excluding hydrogens is 520 g/mol. The maximum atomic E-state index is 12.7. The van der Waals surface area contributed by atoms with Gasteiger partial charge in [0.2, 0.25) is 5.91 Å². The summed E-state index contributed by atoms with van der Waals surface area (Å²) in [6.45, 7) is 6.11. The van der Waals surface area contributed by atoms with Crippen molar-refractivity contribution in [1.82, 2.24) is 14.8 Å². The first-order chi connectivity index (χ1) is 15.8. The van der Waals surface area contributed by atoms with Gasteiger partial charge in [-0.25, -0.2) is 0 Å². The summed E-state index contributed by atoms with van der Waals surface area (Å²) in [5, 5.41) is 13.1. The summed E-state index contributed by atoms with van der Waals surface area (Å²) in [6, 6.07) is 19.5. The SMILES string of the molecule is Cc1ccc(-n2c(SCC(=O)Nc3ccc(Br)cc3C)nnc2-c2ccc(Cl)cc2)cc1C. The number of hydrogen-bond acceptors (Lipinski definition) is 4. The van der Waals surface area contributed by atoms with Crippen LogP contribution in [-0.2, 0) is 4.79 Å². The summed E-state index contributed by atoms with van der Waals surface area (Å²) in [5.41, 5.74) is 6.00. The van der Waals surface area contributed by atoms with Gasteiger partial charge in [0, 0.05) is 20.7 Å². The van der Waals surface area contributed by atoms with Gasteiger partial charge in [-0.1, -0.05) is 45.4 Å². The van der Waals surface area contributed by atoms with E-state index in [1.807, 2.05) is 60.0 Å². The smallest absolute Gasteiger partial charge is 0.234 e. The second kappa shape index (κ2) is 10.1. The Morgan fingerprint density at radius 1 is 0.970 bits per heavy atom. The van der Waals surface area contributed by atoms with E-state index in [-0.39, 0.29) is 11.7 Å². The summed E-state index contributed by atoms with van der Waals surface area (Å²) in [7, 11) is 0. The van der Waals surface area contributed by atoms with Crippen LogP contribution in [0.5, 0.6) is 0 Å². The molecule has 8 heteroatoms. The third-order valence-electron chi connectivity index (χ3n) is 5.28. The van der Waals surface area contributed by atoms with Crippen LogP contribution in [0.4, 0.5) is 5.69 Å². The molecule has 0 fully saturated rings. The number of carbonyl (C=O) groups is 1. The lowest BCUT2D eigenvalue weighted by atomic mass is 10.1. The monoisotopic (exact) mass is 540 g/mol. The maximum Gasteiger partial charge on any atom is 0.234 e. The number of nitrogens with zero attached hydrogens (tertiary/aromatic N) is 3. The molecule has 0 saturated heterocycles. The van der Waals surface area contributed by atoms with E-state index in [2.05, 4.69) is 57.4 Å². The molecule has 0 bridgehead atoms. The summed E-state index contributed by atoms with van der Waals surface area (Å²) in [6.07, 6.45) is 0. The number of halogens is 2. The van der Waals surface area contributed by atoms with Crippen LogP contribution >= 0.6 is 39.3 Å². The first-order valence-electron chi connectivity index (χ1n) is 10.3. The average Bonchev–Trinajstić information content (AvgIpc) is 3.20. The summed E-state index contributed by atoms with van der Waals surface area (Å²) in [4.78, 5) is 12.7. The van der Waals surface area contributed by atoms with Crippen LogP contribution in [-0.4, -0.2) is 26.4 Å². The Labute approximate surface area is 210 Å². The van der Waals surface area contributed by atoms with Gasteiger partial charge in [0.15, 0.2) is 11.0 Å². The number of amides is 1. The standard InChI is InChI=1S/C25H22BrClN4OS/c1-15-4-10-21(13-16(15)2)31-24(18-5-8-20(27)9-6-18)29-30-25(31)33-14-23(32)28-22-11-7-19(26)12-17(22)3/h4-13H,14H2,1-3H3,(H,28,32). The van der Waals surface area contributed by atoms with Crippen LogP contribution in [0.25, 0.3) is 17.1 Å². The Hall–Kier alpha value is -2.61. The average molecular weight is 542 g/mol. The number of thioether (sulfide) groups is 1. The molecule has 1 heterocycles. The quantitative estimate of drug-likeness (QED) is 0.267. The molecule has 0 aliphatic rings. The van der Waals surface area contributed by atoms with Crippen molar-refractivity contribution in [3.63, 3.8) is 0 Å². The van der Waals surface area contributed by atoms with E-state index >= 15 is 0 Å². The minimum Gasteiger partial charge on any atom is -0.325 e. The van der Waals surface area contributed by atoms with Crippen molar-refractivity contribution in [1.29, 1.82) is 0 Å². The highest BCUT2D eigenvalue weighted by Crippen LogP contribution is 2.30. The van der Waals surface area contributed by atoms with Crippen molar-refractivity contribution in [2.45, 2.75) is 25.9 Å². The lowest BCUT2D eigenvalue weighted by Crippen LogP contribution is -2.15. The first-order valence-corrected chi connectivity index (χ1v) is 12.5. The molecule has 168 valence electrons. The Kier molecular flexibility index (Phi) is 7.22. The number of hydrogen-bond donors (Lipinski definition) is 1. The molecule has 1 aromatic heterocycles. The fourth-order valence-electron chi connectivity index (χ4n) is 3.33. The van der Waals surface area contributed by atoms with E-state index in [0.717, 1.165) is 27.0 Å². The van der Waals surface area contributed by atoms with E-state index < -0.39 is 0 Å². The Balaban J connectivity index is 1.62. The maximum absolute atomic E-state index is 12.7. The van der Waals surface area contributed by atoms with E-state index in [0.29, 0.717) is 16.0 Å². The van der Waals surface area contributed by atoms with E-state index in [4.69, 9.17) is 11.6 Å². The third kappa shape index (κ3) is 5.49. The molecule has 4 rings (SSSR count). The molecule has 0 saturated carbocycles. The van der Waals surface area contributed by atoms with Gasteiger partial charge in [0.05, 0.1) is 11.4 Å². The molecule has 0 unspecified atom stereocenters. The van der Waals surface area contributed by atoms with Crippen molar-refractivity contribution in [2.75, 3.05) is 11.1 Å². The molecule has 0 atom stereocenters. The minimum atomic E-state index is -0.104. The fraction of sp³-hybridized carbons (Fsp3) is 0.160. The fourth-order valence-corrected chi connectivity index (χ4v) is 4.68. The van der Waals surface area contributed by atoms with E-state index in [1.54, 1.807) is 0 Å². The topological polar surface area (TPSA) is 59.8 Å². The van der Waals surface area contributed by atoms with Crippen molar-refractivity contribution in [3.8, 4) is 17.1 Å². The minimum absolute atomic E-state index is 0.104. The van der Waals surface area contributed by atoms with Gasteiger partial charge in [-0.2, -0.15) is 0 Å². The molecule has 33 heavy (non-hydrogen) atoms. The predicted molar refractivity (Wildman–Crippen MR) is 140 cm³/mol. The van der Waals surface area contributed by atoms with Gasteiger partial charge in [-0.15, -0.1) is 10.2 Å². The number of aryl methyl sites for hydroxylation is 3. The highest BCUT2D eigenvalue weighted by molar-refractivity contribution is 9.10. The molecule has 5 nitrogen and oxygen atoms in total. The van der Waals surface area contributed by atoms with Crippen molar-refractivity contribution in [3.05, 3.63) is 86.8 Å². The Bertz CT molecular complexity index is 1320. The second-order valence-electron chi connectivity index (χ2n) is 7.71. The van der Waals surface area contributed by atoms with E-state index in [9.17, 15) is 4.79 Å². The molecule has 0 aliphatic carbocycles. The van der Waals surface area contributed by atoms with Crippen LogP contribution in [0, 0.1) is 20.8 Å². The van der Waals surface area contributed by atoms with Crippen molar-refractivity contribution in [2.24, 2.45) is 0 Å². The number of carbonyl (C=O) groups excluding carboxylic acids is 1. The summed E-state index contributed by atoms with van der Waals surface area (Å²) >= 11 is 10.9. The van der Waals surface area contributed by atoms with E-state index in [1.165, 1.54) is 22.9 Å². The van der Waals surface area contributed by atoms with Crippen LogP contribution in [0.3, 0.4) is 0 Å². The zero-order valence-electron chi connectivity index (χ0n) is 18.4. The van der Waals surface area contributed by atoms with Crippen molar-refractivity contribution >= 4 is 50.9 Å². The molecule has 1 N–H and O–H groups in total.